The summed E-state index contributed by atoms with van der Waals surface area (Å²) >= 11 is 0.906. The van der Waals surface area contributed by atoms with Gasteiger partial charge in [0.15, 0.2) is 17.2 Å². The monoisotopic (exact) mass is 562 g/mol. The number of pyridine rings is 1. The molecule has 0 radical (unpaired) electrons. The fraction of sp³-hybridized carbons (Fsp3) is 0.296. The van der Waals surface area contributed by atoms with E-state index in [4.69, 9.17) is 4.74 Å². The topological polar surface area (TPSA) is 89.3 Å². The van der Waals surface area contributed by atoms with Crippen molar-refractivity contribution in [3.63, 3.8) is 0 Å². The first-order chi connectivity index (χ1) is 18.5. The molecular weight excluding hydrogens is 536 g/mol. The molecule has 206 valence electrons. The van der Waals surface area contributed by atoms with Crippen LogP contribution in [0.3, 0.4) is 0 Å². The lowest BCUT2D eigenvalue weighted by Crippen LogP contribution is -2.54. The Morgan fingerprint density at radius 1 is 1.13 bits per heavy atom. The van der Waals surface area contributed by atoms with Gasteiger partial charge in [0.25, 0.3) is 5.56 Å². The number of fused-ring (bicyclic) bond motifs is 1. The molecule has 2 aromatic carbocycles. The van der Waals surface area contributed by atoms with E-state index in [1.165, 1.54) is 54.4 Å². The van der Waals surface area contributed by atoms with Crippen LogP contribution in [0.15, 0.2) is 65.7 Å². The highest BCUT2D eigenvalue weighted by Crippen LogP contribution is 2.45. The van der Waals surface area contributed by atoms with Gasteiger partial charge in [-0.25, -0.2) is 14.4 Å². The molecule has 0 aliphatic carbocycles. The van der Waals surface area contributed by atoms with Crippen LogP contribution in [0.25, 0.3) is 16.6 Å². The number of halogens is 4. The summed E-state index contributed by atoms with van der Waals surface area (Å²) in [6.45, 7) is 3.37. The number of rotatable bonds is 9. The Bertz CT molecular complexity index is 1530. The van der Waals surface area contributed by atoms with Crippen LogP contribution in [0, 0.1) is 12.7 Å². The van der Waals surface area contributed by atoms with Crippen LogP contribution in [0.5, 0.6) is 5.75 Å². The number of aliphatic hydroxyl groups is 1. The summed E-state index contributed by atoms with van der Waals surface area (Å²) in [7, 11) is 1.24. The lowest BCUT2D eigenvalue weighted by Gasteiger charge is -2.39. The average Bonchev–Trinajstić information content (AvgIpc) is 2.90. The van der Waals surface area contributed by atoms with Crippen molar-refractivity contribution in [3.05, 3.63) is 88.5 Å². The van der Waals surface area contributed by atoms with E-state index < -0.39 is 34.9 Å². The van der Waals surface area contributed by atoms with E-state index in [2.05, 4.69) is 15.3 Å². The third kappa shape index (κ3) is 5.57. The molecule has 2 aromatic heterocycles. The molecule has 0 aliphatic rings. The normalized spacial score (nSPS) is 14.2. The van der Waals surface area contributed by atoms with Gasteiger partial charge in [-0.15, -0.1) is 0 Å². The summed E-state index contributed by atoms with van der Waals surface area (Å²) in [5, 5.41) is 14.4. The molecule has 0 amide bonds. The number of ether oxygens (including phenoxy) is 1. The van der Waals surface area contributed by atoms with Gasteiger partial charge in [-0.3, -0.25) is 9.36 Å². The van der Waals surface area contributed by atoms with Crippen molar-refractivity contribution >= 4 is 28.4 Å². The van der Waals surface area contributed by atoms with E-state index in [0.29, 0.717) is 28.2 Å². The molecule has 0 fully saturated rings. The second-order valence-electron chi connectivity index (χ2n) is 8.76. The Labute approximate surface area is 225 Å². The third-order valence-corrected chi connectivity index (χ3v) is 7.32. The summed E-state index contributed by atoms with van der Waals surface area (Å²) in [6, 6.07) is 9.06. The fourth-order valence-corrected chi connectivity index (χ4v) is 5.09. The molecule has 1 unspecified atom stereocenters. The molecule has 4 rings (SSSR count). The highest BCUT2D eigenvalue weighted by molar-refractivity contribution is 7.99. The quantitative estimate of drug-likeness (QED) is 0.263. The number of methoxy groups -OCH3 is 1. The SMILES string of the molecule is CCSCC(O)([C@@H](Nc1cccc2c1ccc(=O)n2-c1cnc(C)nc1)c1ccc(OC)c(F)c1)C(F)(F)F. The largest absolute Gasteiger partial charge is 0.494 e. The predicted molar refractivity (Wildman–Crippen MR) is 143 cm³/mol. The molecule has 0 saturated heterocycles. The lowest BCUT2D eigenvalue weighted by molar-refractivity contribution is -0.256. The van der Waals surface area contributed by atoms with Crippen LogP contribution in [-0.4, -0.2) is 50.0 Å². The number of aromatic nitrogens is 3. The van der Waals surface area contributed by atoms with Crippen molar-refractivity contribution in [2.75, 3.05) is 23.9 Å². The molecule has 2 N–H and O–H groups in total. The molecule has 2 heterocycles. The van der Waals surface area contributed by atoms with Gasteiger partial charge < -0.3 is 15.2 Å². The summed E-state index contributed by atoms with van der Waals surface area (Å²) in [4.78, 5) is 21.1. The Balaban J connectivity index is 1.91. The maximum Gasteiger partial charge on any atom is 0.420 e. The van der Waals surface area contributed by atoms with Crippen molar-refractivity contribution in [3.8, 4) is 11.4 Å². The molecule has 0 aliphatic heterocycles. The molecule has 12 heteroatoms. The Kier molecular flexibility index (Phi) is 8.17. The number of nitrogens with one attached hydrogen (secondary N) is 1. The Hall–Kier alpha value is -3.64. The summed E-state index contributed by atoms with van der Waals surface area (Å²) < 4.78 is 64.5. The van der Waals surface area contributed by atoms with Crippen molar-refractivity contribution < 1.29 is 27.4 Å². The number of aryl methyl sites for hydroxylation is 1. The minimum absolute atomic E-state index is 0.137. The first kappa shape index (κ1) is 28.4. The Morgan fingerprint density at radius 2 is 1.85 bits per heavy atom. The maximum absolute atomic E-state index is 14.7. The van der Waals surface area contributed by atoms with Crippen molar-refractivity contribution in [2.45, 2.75) is 31.7 Å². The number of thioether (sulfide) groups is 1. The second-order valence-corrected chi connectivity index (χ2v) is 10.0. The number of hydrogen-bond acceptors (Lipinski definition) is 7. The second kappa shape index (κ2) is 11.2. The van der Waals surface area contributed by atoms with Gasteiger partial charge in [-0.05, 0) is 48.6 Å². The standard InChI is InChI=1S/C27H26F4N4O3S/c1-4-39-15-26(37,27(29,30)31)25(17-8-10-23(38-3)20(28)12-17)34-21-6-5-7-22-19(21)9-11-24(36)35(22)18-13-32-16(2)33-14-18/h5-14,25,34,37H,4,15H2,1-3H3/t25-,26?/m0/s1. The maximum atomic E-state index is 14.7. The van der Waals surface area contributed by atoms with Crippen molar-refractivity contribution in [2.24, 2.45) is 0 Å². The van der Waals surface area contributed by atoms with Crippen LogP contribution in [-0.2, 0) is 0 Å². The van der Waals surface area contributed by atoms with Crippen LogP contribution < -0.4 is 15.6 Å². The lowest BCUT2D eigenvalue weighted by atomic mass is 9.88. The van der Waals surface area contributed by atoms with E-state index in [9.17, 15) is 27.5 Å². The fourth-order valence-electron chi connectivity index (χ4n) is 4.25. The predicted octanol–water partition coefficient (Wildman–Crippen LogP) is 5.44. The minimum atomic E-state index is -5.07. The molecule has 39 heavy (non-hydrogen) atoms. The summed E-state index contributed by atoms with van der Waals surface area (Å²) in [6.07, 6.45) is -2.14. The first-order valence-corrected chi connectivity index (χ1v) is 13.1. The van der Waals surface area contributed by atoms with Gasteiger partial charge in [0.05, 0.1) is 36.7 Å². The number of nitrogens with zero attached hydrogens (tertiary/aromatic N) is 3. The first-order valence-electron chi connectivity index (χ1n) is 11.9. The Morgan fingerprint density at radius 3 is 2.46 bits per heavy atom. The van der Waals surface area contributed by atoms with Crippen molar-refractivity contribution in [1.29, 1.82) is 0 Å². The van der Waals surface area contributed by atoms with Crippen LogP contribution in [0.4, 0.5) is 23.2 Å². The molecule has 0 saturated carbocycles. The van der Waals surface area contributed by atoms with Crippen molar-refractivity contribution in [1.82, 2.24) is 14.5 Å². The number of alkyl halides is 3. The smallest absolute Gasteiger partial charge is 0.420 e. The van der Waals surface area contributed by atoms with Crippen LogP contribution >= 0.6 is 11.8 Å². The molecular formula is C27H26F4N4O3S. The van der Waals surface area contributed by atoms with Gasteiger partial charge in [-0.2, -0.15) is 24.9 Å². The average molecular weight is 563 g/mol. The highest BCUT2D eigenvalue weighted by atomic mass is 32.2. The summed E-state index contributed by atoms with van der Waals surface area (Å²) in [5.41, 5.74) is -2.88. The van der Waals surface area contributed by atoms with Gasteiger partial charge in [-0.1, -0.05) is 19.1 Å². The minimum Gasteiger partial charge on any atom is -0.494 e. The molecule has 4 aromatic rings. The number of hydrogen-bond donors (Lipinski definition) is 2. The van der Waals surface area contributed by atoms with E-state index in [0.717, 1.165) is 17.8 Å². The van der Waals surface area contributed by atoms with Gasteiger partial charge >= 0.3 is 6.18 Å². The van der Waals surface area contributed by atoms with Crippen LogP contribution in [0.2, 0.25) is 0 Å². The molecule has 7 nitrogen and oxygen atoms in total. The van der Waals surface area contributed by atoms with E-state index in [1.54, 1.807) is 26.0 Å². The zero-order valence-electron chi connectivity index (χ0n) is 21.3. The summed E-state index contributed by atoms with van der Waals surface area (Å²) in [5.74, 6) is -0.901. The van der Waals surface area contributed by atoms with Gasteiger partial charge in [0, 0.05) is 22.9 Å². The third-order valence-electron chi connectivity index (χ3n) is 6.27. The van der Waals surface area contributed by atoms with E-state index in [1.807, 2.05) is 0 Å². The molecule has 2 atom stereocenters. The van der Waals surface area contributed by atoms with E-state index in [-0.39, 0.29) is 17.0 Å². The number of benzene rings is 2. The van der Waals surface area contributed by atoms with Gasteiger partial charge in [0.1, 0.15) is 5.82 Å². The van der Waals surface area contributed by atoms with E-state index >= 15 is 0 Å². The van der Waals surface area contributed by atoms with Gasteiger partial charge in [0.2, 0.25) is 0 Å². The van der Waals surface area contributed by atoms with Crippen LogP contribution in [0.1, 0.15) is 24.4 Å². The molecule has 0 bridgehead atoms. The zero-order chi connectivity index (χ0) is 28.4. The zero-order valence-corrected chi connectivity index (χ0v) is 22.1. The number of anilines is 1. The highest BCUT2D eigenvalue weighted by Gasteiger charge is 2.59. The molecule has 0 spiro atoms.